The van der Waals surface area contributed by atoms with Crippen molar-refractivity contribution < 1.29 is 9.47 Å². The molecule has 1 aliphatic carbocycles. The van der Waals surface area contributed by atoms with E-state index in [4.69, 9.17) is 9.47 Å². The van der Waals surface area contributed by atoms with Crippen molar-refractivity contribution in [2.75, 3.05) is 26.9 Å². The van der Waals surface area contributed by atoms with E-state index in [1.807, 2.05) is 7.05 Å². The van der Waals surface area contributed by atoms with E-state index in [2.05, 4.69) is 19.2 Å². The Balaban J connectivity index is 1.70. The summed E-state index contributed by atoms with van der Waals surface area (Å²) >= 11 is 0. The topological polar surface area (TPSA) is 30.5 Å². The van der Waals surface area contributed by atoms with Gasteiger partial charge in [-0.15, -0.1) is 0 Å². The summed E-state index contributed by atoms with van der Waals surface area (Å²) in [6.45, 7) is 7.40. The van der Waals surface area contributed by atoms with Crippen molar-refractivity contribution in [3.63, 3.8) is 0 Å². The molecule has 2 atom stereocenters. The van der Waals surface area contributed by atoms with Gasteiger partial charge >= 0.3 is 0 Å². The van der Waals surface area contributed by atoms with E-state index < -0.39 is 0 Å². The number of rotatable bonds is 5. The van der Waals surface area contributed by atoms with E-state index >= 15 is 0 Å². The molecular weight excluding hydrogens is 226 g/mol. The normalized spacial score (nSPS) is 30.5. The molecule has 1 heterocycles. The van der Waals surface area contributed by atoms with Gasteiger partial charge in [0.15, 0.2) is 0 Å². The molecule has 1 N–H and O–H groups in total. The predicted octanol–water partition coefficient (Wildman–Crippen LogP) is 2.60. The summed E-state index contributed by atoms with van der Waals surface area (Å²) in [6, 6.07) is 0.461. The lowest BCUT2D eigenvalue weighted by Crippen LogP contribution is -2.40. The van der Waals surface area contributed by atoms with Crippen molar-refractivity contribution in [3.8, 4) is 0 Å². The zero-order valence-corrected chi connectivity index (χ0v) is 12.2. The Labute approximate surface area is 112 Å². The second kappa shape index (κ2) is 6.36. The van der Waals surface area contributed by atoms with Crippen LogP contribution in [0, 0.1) is 11.3 Å². The Morgan fingerprint density at radius 1 is 1.28 bits per heavy atom. The highest BCUT2D eigenvalue weighted by Crippen LogP contribution is 2.36. The van der Waals surface area contributed by atoms with Gasteiger partial charge in [0, 0.05) is 18.6 Å². The number of likely N-dealkylation sites (N-methyl/N-ethyl adjacent to an activating group) is 1. The average Bonchev–Trinajstić information content (AvgIpc) is 2.86. The molecule has 3 nitrogen and oxygen atoms in total. The molecule has 1 saturated carbocycles. The van der Waals surface area contributed by atoms with Gasteiger partial charge in [0.1, 0.15) is 0 Å². The summed E-state index contributed by atoms with van der Waals surface area (Å²) in [4.78, 5) is 0. The molecule has 1 aliphatic heterocycles. The maximum Gasteiger partial charge on any atom is 0.0626 e. The van der Waals surface area contributed by atoms with Crippen molar-refractivity contribution in [2.45, 2.75) is 58.1 Å². The van der Waals surface area contributed by atoms with Crippen LogP contribution in [0.15, 0.2) is 0 Å². The summed E-state index contributed by atoms with van der Waals surface area (Å²) in [6.07, 6.45) is 6.71. The second-order valence-corrected chi connectivity index (χ2v) is 6.72. The fraction of sp³-hybridized carbons (Fsp3) is 1.00. The first-order valence-corrected chi connectivity index (χ1v) is 7.47. The first-order chi connectivity index (χ1) is 8.61. The van der Waals surface area contributed by atoms with E-state index in [0.717, 1.165) is 19.8 Å². The van der Waals surface area contributed by atoms with Crippen LogP contribution in [0.4, 0.5) is 0 Å². The quantitative estimate of drug-likeness (QED) is 0.819. The molecule has 2 aliphatic rings. The number of hydrogen-bond donors (Lipinski definition) is 1. The van der Waals surface area contributed by atoms with Gasteiger partial charge in [-0.1, -0.05) is 13.8 Å². The fourth-order valence-electron chi connectivity index (χ4n) is 3.10. The van der Waals surface area contributed by atoms with Crippen LogP contribution in [0.25, 0.3) is 0 Å². The molecule has 0 bridgehead atoms. The van der Waals surface area contributed by atoms with Gasteiger partial charge < -0.3 is 14.8 Å². The molecule has 2 unspecified atom stereocenters. The van der Waals surface area contributed by atoms with Crippen molar-refractivity contribution in [2.24, 2.45) is 11.3 Å². The third kappa shape index (κ3) is 3.94. The lowest BCUT2D eigenvalue weighted by Gasteiger charge is -2.35. The van der Waals surface area contributed by atoms with Crippen LogP contribution in [-0.4, -0.2) is 39.0 Å². The third-order valence-corrected chi connectivity index (χ3v) is 4.70. The predicted molar refractivity (Wildman–Crippen MR) is 73.8 cm³/mol. The van der Waals surface area contributed by atoms with Crippen LogP contribution < -0.4 is 5.32 Å². The van der Waals surface area contributed by atoms with Crippen molar-refractivity contribution >= 4 is 0 Å². The maximum absolute atomic E-state index is 6.12. The van der Waals surface area contributed by atoms with Gasteiger partial charge in [-0.3, -0.25) is 0 Å². The Bertz CT molecular complexity index is 239. The highest BCUT2D eigenvalue weighted by Gasteiger charge is 2.29. The van der Waals surface area contributed by atoms with Crippen LogP contribution >= 0.6 is 0 Å². The van der Waals surface area contributed by atoms with Crippen molar-refractivity contribution in [3.05, 3.63) is 0 Å². The van der Waals surface area contributed by atoms with Crippen LogP contribution in [0.2, 0.25) is 0 Å². The number of nitrogens with one attached hydrogen (secondary N) is 1. The first-order valence-electron chi connectivity index (χ1n) is 7.47. The van der Waals surface area contributed by atoms with Crippen LogP contribution in [0.5, 0.6) is 0 Å². The van der Waals surface area contributed by atoms with E-state index in [1.165, 1.54) is 32.1 Å². The Morgan fingerprint density at radius 3 is 2.56 bits per heavy atom. The highest BCUT2D eigenvalue weighted by molar-refractivity contribution is 4.81. The number of ether oxygens (including phenoxy) is 2. The lowest BCUT2D eigenvalue weighted by molar-refractivity contribution is -0.0121. The Morgan fingerprint density at radius 2 is 2.00 bits per heavy atom. The van der Waals surface area contributed by atoms with Crippen molar-refractivity contribution in [1.29, 1.82) is 0 Å². The monoisotopic (exact) mass is 255 g/mol. The molecule has 0 radical (unpaired) electrons. The van der Waals surface area contributed by atoms with Crippen LogP contribution in [0.3, 0.4) is 0 Å². The highest BCUT2D eigenvalue weighted by atomic mass is 16.5. The van der Waals surface area contributed by atoms with Crippen molar-refractivity contribution in [1.82, 2.24) is 5.32 Å². The van der Waals surface area contributed by atoms with Gasteiger partial charge in [0.25, 0.3) is 0 Å². The molecule has 0 amide bonds. The van der Waals surface area contributed by atoms with Crippen LogP contribution in [0.1, 0.15) is 46.0 Å². The molecule has 0 aromatic rings. The minimum absolute atomic E-state index is 0.461. The molecule has 0 spiro atoms. The van der Waals surface area contributed by atoms with E-state index in [-0.39, 0.29) is 0 Å². The van der Waals surface area contributed by atoms with Crippen LogP contribution in [-0.2, 0) is 9.47 Å². The summed E-state index contributed by atoms with van der Waals surface area (Å²) in [5.74, 6) is 0.634. The smallest absolute Gasteiger partial charge is 0.0626 e. The largest absolute Gasteiger partial charge is 0.381 e. The summed E-state index contributed by atoms with van der Waals surface area (Å²) in [5, 5.41) is 3.39. The molecule has 2 fully saturated rings. The van der Waals surface area contributed by atoms with E-state index in [0.29, 0.717) is 23.5 Å². The Hall–Kier alpha value is -0.120. The zero-order chi connectivity index (χ0) is 13.0. The maximum atomic E-state index is 6.12. The standard InChI is InChI=1S/C15H29NO2/c1-15(2)7-4-13(5-8-15)18-11-14(16-3)12-6-9-17-10-12/h12-14,16H,4-11H2,1-3H3. The zero-order valence-electron chi connectivity index (χ0n) is 12.2. The van der Waals surface area contributed by atoms with Gasteiger partial charge in [-0.25, -0.2) is 0 Å². The number of hydrogen-bond acceptors (Lipinski definition) is 3. The molecule has 1 saturated heterocycles. The molecule has 0 aromatic carbocycles. The molecule has 18 heavy (non-hydrogen) atoms. The second-order valence-electron chi connectivity index (χ2n) is 6.72. The Kier molecular flexibility index (Phi) is 5.05. The average molecular weight is 255 g/mol. The fourth-order valence-corrected chi connectivity index (χ4v) is 3.10. The molecule has 0 aromatic heterocycles. The molecule has 2 rings (SSSR count). The van der Waals surface area contributed by atoms with Gasteiger partial charge in [0.05, 0.1) is 19.3 Å². The van der Waals surface area contributed by atoms with Gasteiger partial charge in [0.2, 0.25) is 0 Å². The summed E-state index contributed by atoms with van der Waals surface area (Å²) in [7, 11) is 2.04. The van der Waals surface area contributed by atoms with Gasteiger partial charge in [-0.2, -0.15) is 0 Å². The molecular formula is C15H29NO2. The minimum Gasteiger partial charge on any atom is -0.381 e. The SMILES string of the molecule is CNC(COC1CCC(C)(C)CC1)C1CCOC1. The molecule has 106 valence electrons. The summed E-state index contributed by atoms with van der Waals surface area (Å²) in [5.41, 5.74) is 0.529. The van der Waals surface area contributed by atoms with Gasteiger partial charge in [-0.05, 0) is 44.6 Å². The lowest BCUT2D eigenvalue weighted by atomic mass is 9.76. The minimum atomic E-state index is 0.461. The molecule has 3 heteroatoms. The third-order valence-electron chi connectivity index (χ3n) is 4.70. The first kappa shape index (κ1) is 14.3. The van der Waals surface area contributed by atoms with E-state index in [1.54, 1.807) is 0 Å². The van der Waals surface area contributed by atoms with E-state index in [9.17, 15) is 0 Å². The summed E-state index contributed by atoms with van der Waals surface area (Å²) < 4.78 is 11.6.